The SMILES string of the molecule is Cc1noc(C)c1-c1cnc2c3cc(C(=O)O)cnc3n(C(c3ccccc3)C3CCOCC3)c2c1. The molecule has 0 bridgehead atoms. The lowest BCUT2D eigenvalue weighted by Gasteiger charge is -2.32. The Morgan fingerprint density at radius 2 is 1.86 bits per heavy atom. The number of benzene rings is 1. The van der Waals surface area contributed by atoms with E-state index in [2.05, 4.69) is 45.0 Å². The van der Waals surface area contributed by atoms with Crippen molar-refractivity contribution in [2.45, 2.75) is 32.7 Å². The minimum atomic E-state index is -1.01. The maximum Gasteiger partial charge on any atom is 0.337 e. The first-order valence-electron chi connectivity index (χ1n) is 12.1. The number of hydrogen-bond donors (Lipinski definition) is 1. The zero-order chi connectivity index (χ0) is 24.8. The molecule has 1 aliphatic rings. The summed E-state index contributed by atoms with van der Waals surface area (Å²) in [6.07, 6.45) is 5.08. The third-order valence-corrected chi connectivity index (χ3v) is 7.18. The Bertz CT molecular complexity index is 1560. The smallest absolute Gasteiger partial charge is 0.337 e. The molecule has 182 valence electrons. The molecule has 8 heteroatoms. The van der Waals surface area contributed by atoms with Crippen LogP contribution in [0.1, 0.15) is 46.3 Å². The Labute approximate surface area is 207 Å². The summed E-state index contributed by atoms with van der Waals surface area (Å²) in [6.45, 7) is 5.24. The van der Waals surface area contributed by atoms with Gasteiger partial charge in [-0.05, 0) is 50.3 Å². The first-order chi connectivity index (χ1) is 17.5. The van der Waals surface area contributed by atoms with Crippen molar-refractivity contribution in [1.82, 2.24) is 19.7 Å². The third kappa shape index (κ3) is 3.65. The molecule has 0 amide bonds. The summed E-state index contributed by atoms with van der Waals surface area (Å²) in [6, 6.07) is 14.2. The van der Waals surface area contributed by atoms with Crippen LogP contribution in [0.3, 0.4) is 0 Å². The Hall–Kier alpha value is -4.04. The van der Waals surface area contributed by atoms with Crippen molar-refractivity contribution in [3.8, 4) is 11.1 Å². The molecule has 0 aliphatic carbocycles. The minimum absolute atomic E-state index is 0.0139. The predicted octanol–water partition coefficient (Wildman–Crippen LogP) is 5.57. The number of carboxylic acids is 1. The van der Waals surface area contributed by atoms with Crippen molar-refractivity contribution in [2.24, 2.45) is 5.92 Å². The maximum atomic E-state index is 11.8. The molecule has 4 aromatic heterocycles. The van der Waals surface area contributed by atoms with E-state index < -0.39 is 5.97 Å². The van der Waals surface area contributed by atoms with Crippen molar-refractivity contribution in [3.63, 3.8) is 0 Å². The predicted molar refractivity (Wildman–Crippen MR) is 135 cm³/mol. The van der Waals surface area contributed by atoms with Crippen LogP contribution in [0.2, 0.25) is 0 Å². The summed E-state index contributed by atoms with van der Waals surface area (Å²) < 4.78 is 13.4. The Morgan fingerprint density at radius 3 is 2.56 bits per heavy atom. The molecule has 6 rings (SSSR count). The van der Waals surface area contributed by atoms with Crippen LogP contribution in [-0.4, -0.2) is 44.0 Å². The van der Waals surface area contributed by atoms with Crippen molar-refractivity contribution in [2.75, 3.05) is 13.2 Å². The van der Waals surface area contributed by atoms with Gasteiger partial charge in [-0.1, -0.05) is 35.5 Å². The van der Waals surface area contributed by atoms with Crippen LogP contribution in [0, 0.1) is 19.8 Å². The number of aromatic nitrogens is 4. The summed E-state index contributed by atoms with van der Waals surface area (Å²) in [5, 5.41) is 14.5. The van der Waals surface area contributed by atoms with E-state index in [-0.39, 0.29) is 11.6 Å². The highest BCUT2D eigenvalue weighted by molar-refractivity contribution is 6.07. The van der Waals surface area contributed by atoms with E-state index in [1.54, 1.807) is 12.3 Å². The fourth-order valence-corrected chi connectivity index (χ4v) is 5.53. The minimum Gasteiger partial charge on any atom is -0.478 e. The molecule has 1 aliphatic heterocycles. The van der Waals surface area contributed by atoms with E-state index >= 15 is 0 Å². The molecular formula is C28H26N4O4. The van der Waals surface area contributed by atoms with Gasteiger partial charge in [0.25, 0.3) is 0 Å². The van der Waals surface area contributed by atoms with Crippen LogP contribution >= 0.6 is 0 Å². The number of pyridine rings is 2. The largest absolute Gasteiger partial charge is 0.478 e. The molecule has 1 fully saturated rings. The lowest BCUT2D eigenvalue weighted by atomic mass is 9.86. The van der Waals surface area contributed by atoms with E-state index in [0.29, 0.717) is 19.1 Å². The zero-order valence-electron chi connectivity index (χ0n) is 20.1. The summed E-state index contributed by atoms with van der Waals surface area (Å²) in [4.78, 5) is 21.3. The second-order valence-electron chi connectivity index (χ2n) is 9.37. The topological polar surface area (TPSA) is 103 Å². The van der Waals surface area contributed by atoms with E-state index in [4.69, 9.17) is 14.2 Å². The molecule has 1 N–H and O–H groups in total. The van der Waals surface area contributed by atoms with Crippen LogP contribution in [0.5, 0.6) is 0 Å². The molecule has 5 heterocycles. The lowest BCUT2D eigenvalue weighted by Crippen LogP contribution is -2.27. The van der Waals surface area contributed by atoms with Crippen LogP contribution in [0.15, 0.2) is 59.4 Å². The number of carboxylic acid groups (broad SMARTS) is 1. The van der Waals surface area contributed by atoms with Gasteiger partial charge in [0, 0.05) is 42.1 Å². The summed E-state index contributed by atoms with van der Waals surface area (Å²) in [5.41, 5.74) is 6.28. The van der Waals surface area contributed by atoms with Gasteiger partial charge in [0.2, 0.25) is 0 Å². The molecule has 36 heavy (non-hydrogen) atoms. The quantitative estimate of drug-likeness (QED) is 0.349. The molecule has 1 atom stereocenters. The Kier molecular flexibility index (Phi) is 5.53. The van der Waals surface area contributed by atoms with Gasteiger partial charge >= 0.3 is 5.97 Å². The number of ether oxygens (including phenoxy) is 1. The van der Waals surface area contributed by atoms with E-state index in [0.717, 1.165) is 57.5 Å². The molecule has 5 aromatic rings. The molecule has 0 spiro atoms. The Balaban J connectivity index is 1.68. The van der Waals surface area contributed by atoms with Gasteiger partial charge in [-0.3, -0.25) is 4.98 Å². The average molecular weight is 483 g/mol. The van der Waals surface area contributed by atoms with Gasteiger partial charge in [-0.25, -0.2) is 9.78 Å². The fraction of sp³-hybridized carbons (Fsp3) is 0.286. The molecule has 1 unspecified atom stereocenters. The highest BCUT2D eigenvalue weighted by Gasteiger charge is 2.31. The maximum absolute atomic E-state index is 11.8. The highest BCUT2D eigenvalue weighted by atomic mass is 16.5. The second kappa shape index (κ2) is 8.87. The highest BCUT2D eigenvalue weighted by Crippen LogP contribution is 2.41. The Morgan fingerprint density at radius 1 is 1.08 bits per heavy atom. The van der Waals surface area contributed by atoms with Gasteiger partial charge in [0.05, 0.1) is 28.3 Å². The summed E-state index contributed by atoms with van der Waals surface area (Å²) in [5.74, 6) is 0.0388. The van der Waals surface area contributed by atoms with E-state index in [1.165, 1.54) is 11.8 Å². The van der Waals surface area contributed by atoms with Gasteiger partial charge in [-0.15, -0.1) is 0 Å². The van der Waals surface area contributed by atoms with Crippen molar-refractivity contribution < 1.29 is 19.2 Å². The number of fused-ring (bicyclic) bond motifs is 3. The molecule has 1 saturated heterocycles. The van der Waals surface area contributed by atoms with Gasteiger partial charge < -0.3 is 18.9 Å². The number of nitrogens with zero attached hydrogens (tertiary/aromatic N) is 4. The molecule has 1 aromatic carbocycles. The number of hydrogen-bond acceptors (Lipinski definition) is 6. The fourth-order valence-electron chi connectivity index (χ4n) is 5.53. The summed E-state index contributed by atoms with van der Waals surface area (Å²) in [7, 11) is 0. The molecule has 8 nitrogen and oxygen atoms in total. The van der Waals surface area contributed by atoms with Crippen LogP contribution in [-0.2, 0) is 4.74 Å². The number of aryl methyl sites for hydroxylation is 2. The molecule has 0 radical (unpaired) electrons. The van der Waals surface area contributed by atoms with Gasteiger partial charge in [0.1, 0.15) is 11.4 Å². The average Bonchev–Trinajstić information content (AvgIpc) is 3.41. The first kappa shape index (κ1) is 22.4. The van der Waals surface area contributed by atoms with Crippen LogP contribution in [0.25, 0.3) is 33.2 Å². The number of carbonyl (C=O) groups is 1. The van der Waals surface area contributed by atoms with Gasteiger partial charge in [0.15, 0.2) is 0 Å². The standard InChI is InChI=1S/C28H26N4O4/c1-16-24(17(2)36-31-16)20-13-23-25(29-14-20)22-12-21(28(33)34)15-30-27(22)32(23)26(18-6-4-3-5-7-18)19-8-10-35-11-9-19/h3-7,12-15,19,26H,8-11H2,1-2H3,(H,33,34). The lowest BCUT2D eigenvalue weighted by molar-refractivity contribution is 0.0552. The number of rotatable bonds is 5. The molecular weight excluding hydrogens is 456 g/mol. The third-order valence-electron chi connectivity index (χ3n) is 7.18. The van der Waals surface area contributed by atoms with E-state index in [9.17, 15) is 9.90 Å². The zero-order valence-corrected chi connectivity index (χ0v) is 20.1. The number of aromatic carboxylic acids is 1. The van der Waals surface area contributed by atoms with E-state index in [1.807, 2.05) is 19.9 Å². The van der Waals surface area contributed by atoms with Crippen molar-refractivity contribution >= 4 is 28.0 Å². The van der Waals surface area contributed by atoms with Crippen molar-refractivity contribution in [3.05, 3.63) is 77.4 Å². The van der Waals surface area contributed by atoms with Crippen LogP contribution < -0.4 is 0 Å². The second-order valence-corrected chi connectivity index (χ2v) is 9.37. The summed E-state index contributed by atoms with van der Waals surface area (Å²) >= 11 is 0. The monoisotopic (exact) mass is 482 g/mol. The normalized spacial score (nSPS) is 15.5. The van der Waals surface area contributed by atoms with Crippen LogP contribution in [0.4, 0.5) is 0 Å². The van der Waals surface area contributed by atoms with Crippen molar-refractivity contribution in [1.29, 1.82) is 0 Å². The van der Waals surface area contributed by atoms with Gasteiger partial charge in [-0.2, -0.15) is 0 Å². The first-order valence-corrected chi connectivity index (χ1v) is 12.1. The molecule has 0 saturated carbocycles.